The molecule has 0 aliphatic carbocycles. The molecule has 0 bridgehead atoms. The highest BCUT2D eigenvalue weighted by Crippen LogP contribution is 2.25. The number of pyridine rings is 1. The molecule has 6 heteroatoms. The van der Waals surface area contributed by atoms with Gasteiger partial charge in [0.2, 0.25) is 0 Å². The number of fused-ring (bicyclic) bond motifs is 1. The quantitative estimate of drug-likeness (QED) is 0.471. The lowest BCUT2D eigenvalue weighted by atomic mass is 10.1. The maximum atomic E-state index is 12.6. The highest BCUT2D eigenvalue weighted by molar-refractivity contribution is 5.97. The van der Waals surface area contributed by atoms with E-state index in [9.17, 15) is 4.79 Å². The van der Waals surface area contributed by atoms with Gasteiger partial charge in [-0.1, -0.05) is 18.2 Å². The van der Waals surface area contributed by atoms with Crippen molar-refractivity contribution in [3.63, 3.8) is 0 Å². The maximum Gasteiger partial charge on any atom is 0.251 e. The van der Waals surface area contributed by atoms with Gasteiger partial charge in [0, 0.05) is 41.9 Å². The first kappa shape index (κ1) is 18.8. The summed E-state index contributed by atoms with van der Waals surface area (Å²) >= 11 is 0. The predicted octanol–water partition coefficient (Wildman–Crippen LogP) is 4.36. The Hall–Kier alpha value is -4.19. The molecular formula is C25H21N5O. The van der Waals surface area contributed by atoms with Crippen LogP contribution < -0.4 is 5.32 Å². The van der Waals surface area contributed by atoms with Gasteiger partial charge in [-0.2, -0.15) is 0 Å². The van der Waals surface area contributed by atoms with Gasteiger partial charge in [0.25, 0.3) is 5.91 Å². The summed E-state index contributed by atoms with van der Waals surface area (Å²) in [5.41, 5.74) is 6.43. The number of rotatable bonds is 5. The number of carbonyl (C=O) groups excluding carboxylic acids is 1. The Morgan fingerprint density at radius 3 is 2.71 bits per heavy atom. The van der Waals surface area contributed by atoms with Gasteiger partial charge in [0.1, 0.15) is 6.33 Å². The number of hydrogen-bond acceptors (Lipinski definition) is 3. The molecule has 5 aromatic rings. The molecule has 0 radical (unpaired) electrons. The van der Waals surface area contributed by atoms with E-state index in [1.165, 1.54) is 0 Å². The van der Waals surface area contributed by atoms with E-state index in [1.807, 2.05) is 66.3 Å². The molecule has 1 N–H and O–H groups in total. The first-order valence-corrected chi connectivity index (χ1v) is 10.1. The molecule has 31 heavy (non-hydrogen) atoms. The van der Waals surface area contributed by atoms with Gasteiger partial charge in [0.15, 0.2) is 0 Å². The zero-order valence-corrected chi connectivity index (χ0v) is 17.1. The van der Waals surface area contributed by atoms with Crippen LogP contribution >= 0.6 is 0 Å². The molecule has 0 atom stereocenters. The molecule has 0 aliphatic heterocycles. The number of aromatic nitrogens is 4. The van der Waals surface area contributed by atoms with Gasteiger partial charge < -0.3 is 9.88 Å². The van der Waals surface area contributed by atoms with Crippen molar-refractivity contribution in [3.05, 3.63) is 103 Å². The summed E-state index contributed by atoms with van der Waals surface area (Å²) in [5.74, 6) is -0.146. The first-order chi connectivity index (χ1) is 15.2. The molecule has 3 aromatic heterocycles. The van der Waals surface area contributed by atoms with Crippen LogP contribution in [0.15, 0.2) is 91.5 Å². The SMILES string of the molecule is Cn1cccc1-c1cccc(-n2cnc3cc(C(=O)NCc4ccccn4)ccc32)c1. The van der Waals surface area contributed by atoms with E-state index < -0.39 is 0 Å². The molecule has 0 saturated heterocycles. The van der Waals surface area contributed by atoms with E-state index in [-0.39, 0.29) is 5.91 Å². The summed E-state index contributed by atoms with van der Waals surface area (Å²) in [6.45, 7) is 0.387. The zero-order valence-electron chi connectivity index (χ0n) is 17.1. The Balaban J connectivity index is 1.41. The molecule has 1 amide bonds. The average Bonchev–Trinajstić information content (AvgIpc) is 3.44. The Labute approximate surface area is 179 Å². The summed E-state index contributed by atoms with van der Waals surface area (Å²) in [6, 6.07) is 23.7. The summed E-state index contributed by atoms with van der Waals surface area (Å²) in [7, 11) is 2.04. The molecule has 2 aromatic carbocycles. The van der Waals surface area contributed by atoms with Crippen LogP contribution in [0.2, 0.25) is 0 Å². The van der Waals surface area contributed by atoms with Crippen LogP contribution in [0.3, 0.4) is 0 Å². The monoisotopic (exact) mass is 407 g/mol. The number of imidazole rings is 1. The number of nitrogens with zero attached hydrogens (tertiary/aromatic N) is 4. The second-order valence-electron chi connectivity index (χ2n) is 7.38. The van der Waals surface area contributed by atoms with Crippen molar-refractivity contribution in [2.75, 3.05) is 0 Å². The van der Waals surface area contributed by atoms with E-state index in [0.29, 0.717) is 12.1 Å². The molecule has 0 saturated carbocycles. The number of nitrogens with one attached hydrogen (secondary N) is 1. The molecule has 0 fully saturated rings. The van der Waals surface area contributed by atoms with E-state index >= 15 is 0 Å². The van der Waals surface area contributed by atoms with Crippen LogP contribution in [-0.4, -0.2) is 25.0 Å². The molecule has 0 unspecified atom stereocenters. The number of aryl methyl sites for hydroxylation is 1. The van der Waals surface area contributed by atoms with Crippen molar-refractivity contribution in [2.24, 2.45) is 7.05 Å². The highest BCUT2D eigenvalue weighted by Gasteiger charge is 2.11. The van der Waals surface area contributed by atoms with Crippen molar-refractivity contribution < 1.29 is 4.79 Å². The molecule has 5 rings (SSSR count). The second-order valence-corrected chi connectivity index (χ2v) is 7.38. The number of hydrogen-bond donors (Lipinski definition) is 1. The van der Waals surface area contributed by atoms with E-state index in [4.69, 9.17) is 0 Å². The normalized spacial score (nSPS) is 11.0. The van der Waals surface area contributed by atoms with Gasteiger partial charge in [0.05, 0.1) is 23.3 Å². The average molecular weight is 407 g/mol. The third-order valence-corrected chi connectivity index (χ3v) is 5.33. The molecular weight excluding hydrogens is 386 g/mol. The minimum absolute atomic E-state index is 0.146. The largest absolute Gasteiger partial charge is 0.351 e. The molecule has 0 aliphatic rings. The van der Waals surface area contributed by atoms with Crippen LogP contribution in [0.25, 0.3) is 28.0 Å². The summed E-state index contributed by atoms with van der Waals surface area (Å²) in [4.78, 5) is 21.3. The Kier molecular flexibility index (Phi) is 4.80. The molecule has 152 valence electrons. The smallest absolute Gasteiger partial charge is 0.251 e. The standard InChI is InChI=1S/C25H21N5O/c1-29-13-5-9-23(29)18-6-4-8-21(14-18)30-17-28-22-15-19(10-11-24(22)30)25(31)27-16-20-7-2-3-12-26-20/h2-15,17H,16H2,1H3,(H,27,31). The Morgan fingerprint density at radius 1 is 0.968 bits per heavy atom. The zero-order chi connectivity index (χ0) is 21.2. The highest BCUT2D eigenvalue weighted by atomic mass is 16.1. The van der Waals surface area contributed by atoms with Crippen molar-refractivity contribution in [2.45, 2.75) is 6.54 Å². The minimum Gasteiger partial charge on any atom is -0.351 e. The van der Waals surface area contributed by atoms with Crippen molar-refractivity contribution >= 4 is 16.9 Å². The lowest BCUT2D eigenvalue weighted by Crippen LogP contribution is -2.23. The summed E-state index contributed by atoms with van der Waals surface area (Å²) in [6.07, 6.45) is 5.55. The van der Waals surface area contributed by atoms with Crippen LogP contribution in [0.4, 0.5) is 0 Å². The molecule has 6 nitrogen and oxygen atoms in total. The third kappa shape index (κ3) is 3.71. The van der Waals surface area contributed by atoms with E-state index in [0.717, 1.165) is 33.7 Å². The molecule has 0 spiro atoms. The second kappa shape index (κ2) is 7.91. The molecule has 3 heterocycles. The van der Waals surface area contributed by atoms with Crippen LogP contribution in [0, 0.1) is 0 Å². The van der Waals surface area contributed by atoms with Crippen LogP contribution in [0.5, 0.6) is 0 Å². The van der Waals surface area contributed by atoms with Gasteiger partial charge in [-0.3, -0.25) is 14.3 Å². The topological polar surface area (TPSA) is 64.7 Å². The van der Waals surface area contributed by atoms with Crippen molar-refractivity contribution in [3.8, 4) is 16.9 Å². The van der Waals surface area contributed by atoms with Gasteiger partial charge >= 0.3 is 0 Å². The van der Waals surface area contributed by atoms with Gasteiger partial charge in [-0.15, -0.1) is 0 Å². The summed E-state index contributed by atoms with van der Waals surface area (Å²) in [5, 5.41) is 2.91. The van der Waals surface area contributed by atoms with Crippen molar-refractivity contribution in [1.82, 2.24) is 24.4 Å². The minimum atomic E-state index is -0.146. The Bertz CT molecular complexity index is 1370. The van der Waals surface area contributed by atoms with E-state index in [1.54, 1.807) is 12.5 Å². The number of benzene rings is 2. The van der Waals surface area contributed by atoms with Crippen molar-refractivity contribution in [1.29, 1.82) is 0 Å². The van der Waals surface area contributed by atoms with Gasteiger partial charge in [-0.05, 0) is 54.6 Å². The summed E-state index contributed by atoms with van der Waals surface area (Å²) < 4.78 is 4.14. The lowest BCUT2D eigenvalue weighted by Gasteiger charge is -2.09. The lowest BCUT2D eigenvalue weighted by molar-refractivity contribution is 0.0950. The van der Waals surface area contributed by atoms with Crippen LogP contribution in [-0.2, 0) is 13.6 Å². The fraction of sp³-hybridized carbons (Fsp3) is 0.0800. The van der Waals surface area contributed by atoms with Gasteiger partial charge in [-0.25, -0.2) is 4.98 Å². The Morgan fingerprint density at radius 2 is 1.90 bits per heavy atom. The predicted molar refractivity (Wildman–Crippen MR) is 121 cm³/mol. The van der Waals surface area contributed by atoms with Crippen LogP contribution in [0.1, 0.15) is 16.1 Å². The fourth-order valence-electron chi connectivity index (χ4n) is 3.71. The first-order valence-electron chi connectivity index (χ1n) is 10.1. The third-order valence-electron chi connectivity index (χ3n) is 5.33. The maximum absolute atomic E-state index is 12.6. The number of carbonyl (C=O) groups is 1. The van der Waals surface area contributed by atoms with E-state index in [2.05, 4.69) is 44.1 Å². The fourth-order valence-corrected chi connectivity index (χ4v) is 3.71. The number of amides is 1.